The van der Waals surface area contributed by atoms with Crippen molar-refractivity contribution in [1.82, 2.24) is 4.90 Å². The summed E-state index contributed by atoms with van der Waals surface area (Å²) in [7, 11) is 0. The number of piperidine rings is 1. The highest BCUT2D eigenvalue weighted by Gasteiger charge is 2.28. The fourth-order valence-electron chi connectivity index (χ4n) is 2.47. The highest BCUT2D eigenvalue weighted by Crippen LogP contribution is 2.21. The molecule has 0 bridgehead atoms. The Bertz CT molecular complexity index is 486. The van der Waals surface area contributed by atoms with E-state index in [2.05, 4.69) is 0 Å². The summed E-state index contributed by atoms with van der Waals surface area (Å²) in [6.07, 6.45) is 2.63. The summed E-state index contributed by atoms with van der Waals surface area (Å²) in [5.41, 5.74) is 0.199. The van der Waals surface area contributed by atoms with Crippen LogP contribution >= 0.6 is 0 Å². The van der Waals surface area contributed by atoms with E-state index in [9.17, 15) is 14.7 Å². The fourth-order valence-corrected chi connectivity index (χ4v) is 2.47. The van der Waals surface area contributed by atoms with Crippen molar-refractivity contribution in [3.8, 4) is 0 Å². The van der Waals surface area contributed by atoms with Crippen LogP contribution in [0.5, 0.6) is 0 Å². The van der Waals surface area contributed by atoms with Crippen LogP contribution in [0, 0.1) is 0 Å². The lowest BCUT2D eigenvalue weighted by atomic mass is 9.99. The van der Waals surface area contributed by atoms with Crippen LogP contribution in [0.25, 0.3) is 0 Å². The smallest absolute Gasteiger partial charge is 0.336 e. The van der Waals surface area contributed by atoms with E-state index in [1.807, 2.05) is 0 Å². The Morgan fingerprint density at radius 3 is 2.53 bits per heavy atom. The molecule has 2 rings (SSSR count). The SMILES string of the molecule is O=C(O)c1ccccc1C(=O)N1CCCCC1CO. The van der Waals surface area contributed by atoms with E-state index in [-0.39, 0.29) is 29.7 Å². The van der Waals surface area contributed by atoms with Crippen molar-refractivity contribution in [2.24, 2.45) is 0 Å². The molecular weight excluding hydrogens is 246 g/mol. The van der Waals surface area contributed by atoms with E-state index in [0.29, 0.717) is 6.54 Å². The van der Waals surface area contributed by atoms with Gasteiger partial charge in [-0.2, -0.15) is 0 Å². The average Bonchev–Trinajstić information content (AvgIpc) is 2.46. The Morgan fingerprint density at radius 2 is 1.89 bits per heavy atom. The van der Waals surface area contributed by atoms with Gasteiger partial charge < -0.3 is 15.1 Å². The third-order valence-corrected chi connectivity index (χ3v) is 3.49. The van der Waals surface area contributed by atoms with Crippen molar-refractivity contribution in [3.05, 3.63) is 35.4 Å². The lowest BCUT2D eigenvalue weighted by molar-refractivity contribution is 0.0495. The molecule has 1 fully saturated rings. The molecule has 1 aromatic rings. The van der Waals surface area contributed by atoms with Gasteiger partial charge in [0.25, 0.3) is 5.91 Å². The summed E-state index contributed by atoms with van der Waals surface area (Å²) in [6.45, 7) is 0.485. The van der Waals surface area contributed by atoms with Crippen LogP contribution in [-0.2, 0) is 0 Å². The number of carboxylic acid groups (broad SMARTS) is 1. The van der Waals surface area contributed by atoms with Crippen molar-refractivity contribution < 1.29 is 19.8 Å². The largest absolute Gasteiger partial charge is 0.478 e. The first-order valence-corrected chi connectivity index (χ1v) is 6.39. The highest BCUT2D eigenvalue weighted by molar-refractivity contribution is 6.04. The van der Waals surface area contributed by atoms with Gasteiger partial charge in [0.05, 0.1) is 23.8 Å². The maximum Gasteiger partial charge on any atom is 0.336 e. The zero-order chi connectivity index (χ0) is 13.8. The molecule has 0 saturated carbocycles. The zero-order valence-electron chi connectivity index (χ0n) is 10.6. The van der Waals surface area contributed by atoms with Gasteiger partial charge in [-0.1, -0.05) is 12.1 Å². The number of rotatable bonds is 3. The zero-order valence-corrected chi connectivity index (χ0v) is 10.6. The molecule has 1 amide bonds. The fraction of sp³-hybridized carbons (Fsp3) is 0.429. The van der Waals surface area contributed by atoms with Gasteiger partial charge >= 0.3 is 5.97 Å². The van der Waals surface area contributed by atoms with Crippen molar-refractivity contribution in [2.45, 2.75) is 25.3 Å². The molecule has 5 heteroatoms. The van der Waals surface area contributed by atoms with Crippen LogP contribution in [0.2, 0.25) is 0 Å². The lowest BCUT2D eigenvalue weighted by Gasteiger charge is -2.34. The molecule has 0 spiro atoms. The second-order valence-electron chi connectivity index (χ2n) is 4.68. The average molecular weight is 263 g/mol. The van der Waals surface area contributed by atoms with Gasteiger partial charge in [-0.25, -0.2) is 4.79 Å². The first-order valence-electron chi connectivity index (χ1n) is 6.39. The number of likely N-dealkylation sites (tertiary alicyclic amines) is 1. The summed E-state index contributed by atoms with van der Waals surface area (Å²) in [6, 6.07) is 5.99. The highest BCUT2D eigenvalue weighted by atomic mass is 16.4. The molecule has 1 atom stereocenters. The van der Waals surface area contributed by atoms with Crippen molar-refractivity contribution in [2.75, 3.05) is 13.2 Å². The maximum absolute atomic E-state index is 12.4. The molecule has 102 valence electrons. The summed E-state index contributed by atoms with van der Waals surface area (Å²) < 4.78 is 0. The van der Waals surface area contributed by atoms with E-state index < -0.39 is 5.97 Å². The minimum Gasteiger partial charge on any atom is -0.478 e. The number of hydrogen-bond acceptors (Lipinski definition) is 3. The lowest BCUT2D eigenvalue weighted by Crippen LogP contribution is -2.46. The van der Waals surface area contributed by atoms with Crippen LogP contribution in [0.4, 0.5) is 0 Å². The van der Waals surface area contributed by atoms with Crippen LogP contribution in [0.3, 0.4) is 0 Å². The molecular formula is C14H17NO4. The number of hydrogen-bond donors (Lipinski definition) is 2. The molecule has 1 aliphatic rings. The number of aliphatic hydroxyl groups excluding tert-OH is 1. The molecule has 0 aromatic heterocycles. The number of nitrogens with zero attached hydrogens (tertiary/aromatic N) is 1. The summed E-state index contributed by atoms with van der Waals surface area (Å²) in [5.74, 6) is -1.42. The minimum atomic E-state index is -1.11. The second-order valence-corrected chi connectivity index (χ2v) is 4.68. The topological polar surface area (TPSA) is 77.8 Å². The third kappa shape index (κ3) is 2.76. The Balaban J connectivity index is 2.30. The molecule has 1 saturated heterocycles. The number of carbonyl (C=O) groups is 2. The van der Waals surface area contributed by atoms with Crippen LogP contribution in [-0.4, -0.2) is 46.2 Å². The Morgan fingerprint density at radius 1 is 1.21 bits per heavy atom. The molecule has 19 heavy (non-hydrogen) atoms. The summed E-state index contributed by atoms with van der Waals surface area (Å²) in [4.78, 5) is 25.2. The number of amides is 1. The molecule has 1 heterocycles. The van der Waals surface area contributed by atoms with Crippen LogP contribution < -0.4 is 0 Å². The van der Waals surface area contributed by atoms with Crippen molar-refractivity contribution >= 4 is 11.9 Å². The Kier molecular flexibility index (Phi) is 4.16. The molecule has 1 aliphatic heterocycles. The molecule has 0 aliphatic carbocycles. The van der Waals surface area contributed by atoms with Crippen molar-refractivity contribution in [1.29, 1.82) is 0 Å². The van der Waals surface area contributed by atoms with Crippen LogP contribution in [0.1, 0.15) is 40.0 Å². The van der Waals surface area contributed by atoms with E-state index in [0.717, 1.165) is 19.3 Å². The van der Waals surface area contributed by atoms with E-state index in [4.69, 9.17) is 5.11 Å². The number of benzene rings is 1. The quantitative estimate of drug-likeness (QED) is 0.863. The number of aromatic carboxylic acids is 1. The van der Waals surface area contributed by atoms with Gasteiger partial charge in [0.2, 0.25) is 0 Å². The van der Waals surface area contributed by atoms with Gasteiger partial charge in [0.1, 0.15) is 0 Å². The monoisotopic (exact) mass is 263 g/mol. The predicted octanol–water partition coefficient (Wildman–Crippen LogP) is 1.37. The van der Waals surface area contributed by atoms with Gasteiger partial charge in [0, 0.05) is 6.54 Å². The molecule has 5 nitrogen and oxygen atoms in total. The van der Waals surface area contributed by atoms with Gasteiger partial charge in [-0.15, -0.1) is 0 Å². The number of carbonyl (C=O) groups excluding carboxylic acids is 1. The molecule has 1 unspecified atom stereocenters. The summed E-state index contributed by atoms with van der Waals surface area (Å²) >= 11 is 0. The predicted molar refractivity (Wildman–Crippen MR) is 69.2 cm³/mol. The van der Waals surface area contributed by atoms with Gasteiger partial charge in [-0.05, 0) is 31.4 Å². The second kappa shape index (κ2) is 5.84. The Labute approximate surface area is 111 Å². The molecule has 1 aromatic carbocycles. The van der Waals surface area contributed by atoms with Crippen molar-refractivity contribution in [3.63, 3.8) is 0 Å². The normalized spacial score (nSPS) is 19.2. The van der Waals surface area contributed by atoms with E-state index >= 15 is 0 Å². The number of aliphatic hydroxyl groups is 1. The molecule has 0 radical (unpaired) electrons. The molecule has 2 N–H and O–H groups in total. The number of carboxylic acids is 1. The first kappa shape index (κ1) is 13.5. The standard InChI is InChI=1S/C14H17NO4/c16-9-10-5-3-4-8-15(10)13(17)11-6-1-2-7-12(11)14(18)19/h1-2,6-7,10,16H,3-5,8-9H2,(H,18,19). The summed E-state index contributed by atoms with van der Waals surface area (Å²) in [5, 5.41) is 18.4. The van der Waals surface area contributed by atoms with E-state index in [1.54, 1.807) is 17.0 Å². The minimum absolute atomic E-state index is 0.00904. The van der Waals surface area contributed by atoms with E-state index in [1.165, 1.54) is 12.1 Å². The van der Waals surface area contributed by atoms with Gasteiger partial charge in [0.15, 0.2) is 0 Å². The maximum atomic E-state index is 12.4. The van der Waals surface area contributed by atoms with Gasteiger partial charge in [-0.3, -0.25) is 4.79 Å². The third-order valence-electron chi connectivity index (χ3n) is 3.49. The van der Waals surface area contributed by atoms with Crippen LogP contribution in [0.15, 0.2) is 24.3 Å². The first-order chi connectivity index (χ1) is 9.15. The Hall–Kier alpha value is -1.88.